The zero-order valence-electron chi connectivity index (χ0n) is 9.01. The lowest BCUT2D eigenvalue weighted by Gasteiger charge is -2.02. The minimum absolute atomic E-state index is 0.156. The van der Waals surface area contributed by atoms with Crippen LogP contribution in [0.5, 0.6) is 0 Å². The summed E-state index contributed by atoms with van der Waals surface area (Å²) in [5.41, 5.74) is 6.81. The number of pyridine rings is 1. The standard InChI is InChI=1S/C10H10FN5S/c1-13-4-7(3-12)6-2-8(11)9-14-15-10(17)16(9)5-6/h2-5H,12H2,1H3,(H,15,17). The van der Waals surface area contributed by atoms with E-state index in [1.807, 2.05) is 0 Å². The molecule has 2 aromatic rings. The van der Waals surface area contributed by atoms with Crippen molar-refractivity contribution in [2.45, 2.75) is 0 Å². The molecule has 2 heterocycles. The Morgan fingerprint density at radius 2 is 2.47 bits per heavy atom. The van der Waals surface area contributed by atoms with E-state index in [-0.39, 0.29) is 5.65 Å². The highest BCUT2D eigenvalue weighted by atomic mass is 32.1. The zero-order chi connectivity index (χ0) is 12.4. The lowest BCUT2D eigenvalue weighted by atomic mass is 10.1. The molecule has 0 radical (unpaired) electrons. The third-order valence-electron chi connectivity index (χ3n) is 2.25. The molecule has 2 aromatic heterocycles. The molecule has 0 fully saturated rings. The fourth-order valence-corrected chi connectivity index (χ4v) is 1.67. The second-order valence-corrected chi connectivity index (χ2v) is 3.70. The monoisotopic (exact) mass is 251 g/mol. The van der Waals surface area contributed by atoms with Crippen molar-refractivity contribution in [3.05, 3.63) is 34.6 Å². The number of allylic oxidation sites excluding steroid dienone is 1. The fourth-order valence-electron chi connectivity index (χ4n) is 1.48. The van der Waals surface area contributed by atoms with E-state index in [1.165, 1.54) is 16.7 Å². The lowest BCUT2D eigenvalue weighted by Crippen LogP contribution is -1.97. The van der Waals surface area contributed by atoms with Crippen molar-refractivity contribution in [1.82, 2.24) is 14.6 Å². The average molecular weight is 251 g/mol. The van der Waals surface area contributed by atoms with Gasteiger partial charge >= 0.3 is 0 Å². The minimum Gasteiger partial charge on any atom is -0.404 e. The number of nitrogens with two attached hydrogens (primary N) is 1. The summed E-state index contributed by atoms with van der Waals surface area (Å²) in [7, 11) is 1.61. The molecule has 0 aromatic carbocycles. The van der Waals surface area contributed by atoms with Crippen LogP contribution in [0.1, 0.15) is 5.56 Å². The molecule has 2 rings (SSSR count). The Kier molecular flexibility index (Phi) is 3.01. The molecule has 0 unspecified atom stereocenters. The molecule has 0 bridgehead atoms. The van der Waals surface area contributed by atoms with Crippen molar-refractivity contribution < 1.29 is 4.39 Å². The van der Waals surface area contributed by atoms with Gasteiger partial charge in [-0.05, 0) is 18.3 Å². The molecule has 0 aliphatic carbocycles. The van der Waals surface area contributed by atoms with Gasteiger partial charge in [0.15, 0.2) is 16.2 Å². The summed E-state index contributed by atoms with van der Waals surface area (Å²) < 4.78 is 15.5. The highest BCUT2D eigenvalue weighted by molar-refractivity contribution is 7.71. The van der Waals surface area contributed by atoms with Crippen LogP contribution in [0.4, 0.5) is 4.39 Å². The Morgan fingerprint density at radius 1 is 1.71 bits per heavy atom. The molecule has 0 spiro atoms. The SMILES string of the molecule is CN=CC(=CN)c1cc(F)c2n[nH]c(=S)n2c1. The number of fused-ring (bicyclic) bond motifs is 1. The largest absolute Gasteiger partial charge is 0.404 e. The molecular formula is C10H10FN5S. The van der Waals surface area contributed by atoms with E-state index in [2.05, 4.69) is 15.2 Å². The Hall–Kier alpha value is -2.02. The molecule has 5 nitrogen and oxygen atoms in total. The van der Waals surface area contributed by atoms with Crippen LogP contribution in [0, 0.1) is 10.6 Å². The molecular weight excluding hydrogens is 241 g/mol. The summed E-state index contributed by atoms with van der Waals surface area (Å²) in [5.74, 6) is -0.473. The second-order valence-electron chi connectivity index (χ2n) is 3.31. The van der Waals surface area contributed by atoms with Crippen LogP contribution in [-0.2, 0) is 0 Å². The fraction of sp³-hybridized carbons (Fsp3) is 0.100. The van der Waals surface area contributed by atoms with Gasteiger partial charge in [0, 0.05) is 36.8 Å². The van der Waals surface area contributed by atoms with Crippen LogP contribution in [0.15, 0.2) is 23.5 Å². The Bertz CT molecular complexity index is 667. The van der Waals surface area contributed by atoms with Crippen molar-refractivity contribution in [2.75, 3.05) is 7.05 Å². The summed E-state index contributed by atoms with van der Waals surface area (Å²) >= 11 is 4.99. The van der Waals surface area contributed by atoms with Crippen LogP contribution in [0.2, 0.25) is 0 Å². The van der Waals surface area contributed by atoms with Crippen molar-refractivity contribution in [1.29, 1.82) is 0 Å². The van der Waals surface area contributed by atoms with E-state index < -0.39 is 5.82 Å². The highest BCUT2D eigenvalue weighted by Gasteiger charge is 2.08. The summed E-state index contributed by atoms with van der Waals surface area (Å²) in [6.07, 6.45) is 4.56. The molecule has 3 N–H and O–H groups in total. The number of nitrogens with one attached hydrogen (secondary N) is 1. The first-order valence-electron chi connectivity index (χ1n) is 4.78. The summed E-state index contributed by atoms with van der Waals surface area (Å²) in [6.45, 7) is 0. The number of aromatic nitrogens is 3. The number of rotatable bonds is 2. The summed E-state index contributed by atoms with van der Waals surface area (Å²) in [5, 5.41) is 6.30. The highest BCUT2D eigenvalue weighted by Crippen LogP contribution is 2.16. The van der Waals surface area contributed by atoms with E-state index >= 15 is 0 Å². The van der Waals surface area contributed by atoms with E-state index in [1.54, 1.807) is 19.5 Å². The van der Waals surface area contributed by atoms with Gasteiger partial charge in [-0.3, -0.25) is 14.5 Å². The first kappa shape index (κ1) is 11.5. The topological polar surface area (TPSA) is 71.5 Å². The third-order valence-corrected chi connectivity index (χ3v) is 2.54. The van der Waals surface area contributed by atoms with E-state index in [4.69, 9.17) is 18.0 Å². The summed E-state index contributed by atoms with van der Waals surface area (Å²) in [6, 6.07) is 1.34. The maximum atomic E-state index is 13.7. The van der Waals surface area contributed by atoms with Gasteiger partial charge in [-0.1, -0.05) is 0 Å². The quantitative estimate of drug-likeness (QED) is 0.628. The molecule has 0 aliphatic rings. The van der Waals surface area contributed by atoms with Gasteiger partial charge in [0.05, 0.1) is 0 Å². The Labute approximate surface area is 101 Å². The number of aromatic amines is 1. The van der Waals surface area contributed by atoms with Crippen LogP contribution >= 0.6 is 12.2 Å². The van der Waals surface area contributed by atoms with E-state index in [9.17, 15) is 4.39 Å². The summed E-state index contributed by atoms with van der Waals surface area (Å²) in [4.78, 5) is 3.85. The first-order valence-corrected chi connectivity index (χ1v) is 5.19. The molecule has 0 amide bonds. The third kappa shape index (κ3) is 1.96. The molecule has 0 aliphatic heterocycles. The maximum absolute atomic E-state index is 13.7. The van der Waals surface area contributed by atoms with Crippen molar-refractivity contribution >= 4 is 29.7 Å². The predicted octanol–water partition coefficient (Wildman–Crippen LogP) is 1.53. The number of H-pyrrole nitrogens is 1. The molecule has 88 valence electrons. The normalized spacial score (nSPS) is 12.7. The van der Waals surface area contributed by atoms with Gasteiger partial charge < -0.3 is 5.73 Å². The number of hydrogen-bond acceptors (Lipinski definition) is 4. The smallest absolute Gasteiger partial charge is 0.199 e. The molecule has 7 heteroatoms. The predicted molar refractivity (Wildman–Crippen MR) is 66.9 cm³/mol. The van der Waals surface area contributed by atoms with Crippen LogP contribution in [0.3, 0.4) is 0 Å². The minimum atomic E-state index is -0.473. The van der Waals surface area contributed by atoms with Gasteiger partial charge in [-0.2, -0.15) is 5.10 Å². The maximum Gasteiger partial charge on any atom is 0.199 e. The van der Waals surface area contributed by atoms with Crippen LogP contribution in [-0.4, -0.2) is 27.9 Å². The van der Waals surface area contributed by atoms with Crippen molar-refractivity contribution in [3.8, 4) is 0 Å². The van der Waals surface area contributed by atoms with E-state index in [0.29, 0.717) is 15.9 Å². The van der Waals surface area contributed by atoms with Gasteiger partial charge in [0.1, 0.15) is 0 Å². The van der Waals surface area contributed by atoms with Gasteiger partial charge in [-0.25, -0.2) is 4.39 Å². The first-order chi connectivity index (χ1) is 8.17. The lowest BCUT2D eigenvalue weighted by molar-refractivity contribution is 0.629. The van der Waals surface area contributed by atoms with Crippen molar-refractivity contribution in [3.63, 3.8) is 0 Å². The van der Waals surface area contributed by atoms with Crippen LogP contribution < -0.4 is 5.73 Å². The number of halogens is 1. The van der Waals surface area contributed by atoms with Crippen LogP contribution in [0.25, 0.3) is 11.2 Å². The molecule has 0 saturated heterocycles. The van der Waals surface area contributed by atoms with E-state index in [0.717, 1.165) is 0 Å². The molecule has 0 atom stereocenters. The number of aliphatic imine (C=N–C) groups is 1. The van der Waals surface area contributed by atoms with Gasteiger partial charge in [0.2, 0.25) is 0 Å². The number of hydrogen-bond donors (Lipinski definition) is 2. The van der Waals surface area contributed by atoms with Gasteiger partial charge in [0.25, 0.3) is 0 Å². The van der Waals surface area contributed by atoms with Gasteiger partial charge in [-0.15, -0.1) is 0 Å². The second kappa shape index (κ2) is 4.46. The Morgan fingerprint density at radius 3 is 3.12 bits per heavy atom. The zero-order valence-corrected chi connectivity index (χ0v) is 9.83. The Balaban J connectivity index is 2.72. The number of nitrogens with zero attached hydrogens (tertiary/aromatic N) is 3. The van der Waals surface area contributed by atoms with Crippen molar-refractivity contribution in [2.24, 2.45) is 10.7 Å². The average Bonchev–Trinajstić information content (AvgIpc) is 2.69. The molecule has 0 saturated carbocycles. The molecule has 17 heavy (non-hydrogen) atoms.